The SMILES string of the molecule is S=C=N[C]1CCCCC1. The quantitative estimate of drug-likeness (QED) is 0.403. The number of rotatable bonds is 1. The number of thiocarbonyl (C=S) groups is 1. The number of nitrogens with zero attached hydrogens (tertiary/aromatic N) is 1. The summed E-state index contributed by atoms with van der Waals surface area (Å²) in [7, 11) is 0. The molecule has 0 amide bonds. The topological polar surface area (TPSA) is 12.4 Å². The van der Waals surface area contributed by atoms with Crippen LogP contribution >= 0.6 is 12.2 Å². The Balaban J connectivity index is 2.31. The van der Waals surface area contributed by atoms with Crippen molar-refractivity contribution in [3.05, 3.63) is 6.04 Å². The summed E-state index contributed by atoms with van der Waals surface area (Å²) in [5.74, 6) is 0. The van der Waals surface area contributed by atoms with Gasteiger partial charge in [0, 0.05) is 0 Å². The Morgan fingerprint density at radius 1 is 1.22 bits per heavy atom. The molecule has 1 aliphatic carbocycles. The van der Waals surface area contributed by atoms with Crippen LogP contribution in [0.2, 0.25) is 0 Å². The van der Waals surface area contributed by atoms with Crippen LogP contribution in [-0.4, -0.2) is 5.16 Å². The molecule has 1 aliphatic rings. The van der Waals surface area contributed by atoms with Crippen molar-refractivity contribution in [3.8, 4) is 0 Å². The van der Waals surface area contributed by atoms with Gasteiger partial charge in [0.05, 0.1) is 11.2 Å². The number of aliphatic imine (C=N–C) groups is 1. The molecule has 1 saturated carbocycles. The van der Waals surface area contributed by atoms with Crippen LogP contribution in [0, 0.1) is 6.04 Å². The van der Waals surface area contributed by atoms with Crippen LogP contribution in [0.3, 0.4) is 0 Å². The van der Waals surface area contributed by atoms with E-state index in [1.165, 1.54) is 25.3 Å². The monoisotopic (exact) mass is 140 g/mol. The van der Waals surface area contributed by atoms with Crippen molar-refractivity contribution < 1.29 is 0 Å². The van der Waals surface area contributed by atoms with E-state index in [2.05, 4.69) is 22.4 Å². The molecule has 0 aliphatic heterocycles. The van der Waals surface area contributed by atoms with Gasteiger partial charge >= 0.3 is 0 Å². The van der Waals surface area contributed by atoms with Gasteiger partial charge < -0.3 is 0 Å². The predicted molar refractivity (Wildman–Crippen MR) is 41.4 cm³/mol. The normalized spacial score (nSPS) is 20.9. The lowest BCUT2D eigenvalue weighted by Crippen LogP contribution is -1.99. The Morgan fingerprint density at radius 3 is 2.44 bits per heavy atom. The fourth-order valence-electron chi connectivity index (χ4n) is 1.14. The molecule has 0 saturated heterocycles. The fraction of sp³-hybridized carbons (Fsp3) is 0.714. The molecule has 0 N–H and O–H groups in total. The fourth-order valence-corrected chi connectivity index (χ4v) is 1.27. The molecule has 9 heavy (non-hydrogen) atoms. The van der Waals surface area contributed by atoms with E-state index in [1.54, 1.807) is 0 Å². The van der Waals surface area contributed by atoms with E-state index in [9.17, 15) is 0 Å². The largest absolute Gasteiger partial charge is 0.223 e. The molecule has 0 aromatic rings. The van der Waals surface area contributed by atoms with Crippen LogP contribution in [-0.2, 0) is 0 Å². The Bertz CT molecular complexity index is 121. The smallest absolute Gasteiger partial charge is 0.0969 e. The summed E-state index contributed by atoms with van der Waals surface area (Å²) in [6.45, 7) is 0. The van der Waals surface area contributed by atoms with Crippen molar-refractivity contribution in [2.75, 3.05) is 0 Å². The first-order valence-corrected chi connectivity index (χ1v) is 3.77. The summed E-state index contributed by atoms with van der Waals surface area (Å²) in [4.78, 5) is 3.97. The third-order valence-corrected chi connectivity index (χ3v) is 1.73. The molecule has 0 atom stereocenters. The minimum absolute atomic E-state index is 1.14. The second-order valence-corrected chi connectivity index (χ2v) is 2.51. The van der Waals surface area contributed by atoms with E-state index in [1.807, 2.05) is 0 Å². The first-order chi connectivity index (χ1) is 4.43. The van der Waals surface area contributed by atoms with Crippen molar-refractivity contribution in [1.29, 1.82) is 0 Å². The Morgan fingerprint density at radius 2 is 1.89 bits per heavy atom. The Hall–Kier alpha value is -0.200. The van der Waals surface area contributed by atoms with Gasteiger partial charge in [-0.25, -0.2) is 4.99 Å². The van der Waals surface area contributed by atoms with E-state index < -0.39 is 0 Å². The molecule has 0 bridgehead atoms. The highest BCUT2D eigenvalue weighted by atomic mass is 32.1. The maximum absolute atomic E-state index is 4.50. The molecule has 0 aromatic heterocycles. The Labute approximate surface area is 61.2 Å². The van der Waals surface area contributed by atoms with E-state index in [0.29, 0.717) is 0 Å². The molecule has 2 heteroatoms. The van der Waals surface area contributed by atoms with Crippen molar-refractivity contribution in [2.24, 2.45) is 4.99 Å². The van der Waals surface area contributed by atoms with Crippen molar-refractivity contribution in [1.82, 2.24) is 0 Å². The third-order valence-electron chi connectivity index (χ3n) is 1.63. The van der Waals surface area contributed by atoms with Gasteiger partial charge in [0.25, 0.3) is 0 Å². The van der Waals surface area contributed by atoms with Gasteiger partial charge in [0.1, 0.15) is 0 Å². The van der Waals surface area contributed by atoms with Gasteiger partial charge in [-0.05, 0) is 25.1 Å². The molecular formula is C7H10NS. The minimum Gasteiger partial charge on any atom is -0.223 e. The predicted octanol–water partition coefficient (Wildman–Crippen LogP) is 2.59. The standard InChI is InChI=1S/C7H10NS/c9-6-8-7-4-2-1-3-5-7/h1-5H2. The van der Waals surface area contributed by atoms with Crippen molar-refractivity contribution >= 4 is 17.4 Å². The molecule has 49 valence electrons. The lowest BCUT2D eigenvalue weighted by Gasteiger charge is -2.14. The minimum atomic E-state index is 1.14. The van der Waals surface area contributed by atoms with Gasteiger partial charge in [-0.3, -0.25) is 0 Å². The average molecular weight is 140 g/mol. The van der Waals surface area contributed by atoms with Crippen LogP contribution in [0.5, 0.6) is 0 Å². The van der Waals surface area contributed by atoms with Crippen LogP contribution < -0.4 is 0 Å². The van der Waals surface area contributed by atoms with Crippen LogP contribution in [0.1, 0.15) is 32.1 Å². The van der Waals surface area contributed by atoms with Gasteiger partial charge in [-0.2, -0.15) is 0 Å². The molecule has 1 radical (unpaired) electrons. The van der Waals surface area contributed by atoms with Crippen LogP contribution in [0.15, 0.2) is 4.99 Å². The maximum atomic E-state index is 4.50. The average Bonchev–Trinajstić information content (AvgIpc) is 1.91. The van der Waals surface area contributed by atoms with E-state index in [4.69, 9.17) is 0 Å². The zero-order valence-corrected chi connectivity index (χ0v) is 6.21. The molecule has 0 heterocycles. The summed E-state index contributed by atoms with van der Waals surface area (Å²) >= 11 is 4.50. The summed E-state index contributed by atoms with van der Waals surface area (Å²) in [6.07, 6.45) is 6.22. The Kier molecular flexibility index (Phi) is 2.88. The second-order valence-electron chi connectivity index (χ2n) is 2.33. The van der Waals surface area contributed by atoms with Gasteiger partial charge in [-0.15, -0.1) is 0 Å². The highest BCUT2D eigenvalue weighted by Gasteiger charge is 2.11. The molecule has 1 fully saturated rings. The number of hydrogen-bond acceptors (Lipinski definition) is 2. The zero-order chi connectivity index (χ0) is 6.53. The van der Waals surface area contributed by atoms with E-state index in [0.717, 1.165) is 12.8 Å². The maximum Gasteiger partial charge on any atom is 0.0969 e. The molecule has 1 rings (SSSR count). The summed E-state index contributed by atoms with van der Waals surface area (Å²) < 4.78 is 0. The number of hydrogen-bond donors (Lipinski definition) is 0. The molecule has 0 spiro atoms. The van der Waals surface area contributed by atoms with Gasteiger partial charge in [0.2, 0.25) is 0 Å². The second kappa shape index (κ2) is 3.76. The van der Waals surface area contributed by atoms with Crippen molar-refractivity contribution in [2.45, 2.75) is 32.1 Å². The summed E-state index contributed by atoms with van der Waals surface area (Å²) in [6, 6.07) is 1.25. The van der Waals surface area contributed by atoms with Crippen molar-refractivity contribution in [3.63, 3.8) is 0 Å². The molecule has 1 nitrogen and oxygen atoms in total. The highest BCUT2D eigenvalue weighted by Crippen LogP contribution is 2.25. The summed E-state index contributed by atoms with van der Waals surface area (Å²) in [5, 5.41) is 2.41. The molecule has 0 unspecified atom stereocenters. The zero-order valence-electron chi connectivity index (χ0n) is 5.39. The van der Waals surface area contributed by atoms with Crippen LogP contribution in [0.4, 0.5) is 0 Å². The van der Waals surface area contributed by atoms with E-state index >= 15 is 0 Å². The first kappa shape index (κ1) is 6.91. The van der Waals surface area contributed by atoms with Gasteiger partial charge in [0.15, 0.2) is 0 Å². The van der Waals surface area contributed by atoms with Crippen LogP contribution in [0.25, 0.3) is 0 Å². The molecular weight excluding hydrogens is 130 g/mol. The first-order valence-electron chi connectivity index (χ1n) is 3.36. The lowest BCUT2D eigenvalue weighted by molar-refractivity contribution is 0.532. The van der Waals surface area contributed by atoms with E-state index in [-0.39, 0.29) is 0 Å². The van der Waals surface area contributed by atoms with Gasteiger partial charge in [-0.1, -0.05) is 19.3 Å². The third kappa shape index (κ3) is 2.25. The number of isothiocyanates is 1. The lowest BCUT2D eigenvalue weighted by atomic mass is 9.96. The highest BCUT2D eigenvalue weighted by molar-refractivity contribution is 7.78. The molecule has 0 aromatic carbocycles. The summed E-state index contributed by atoms with van der Waals surface area (Å²) in [5.41, 5.74) is 0.